The van der Waals surface area contributed by atoms with Crippen molar-refractivity contribution in [2.45, 2.75) is 19.4 Å². The van der Waals surface area contributed by atoms with Crippen LogP contribution in [0.4, 0.5) is 0 Å². The Hall–Kier alpha value is -2.09. The largest absolute Gasteiger partial charge is 0.450 e. The highest BCUT2D eigenvalue weighted by Crippen LogP contribution is 2.49. The Bertz CT molecular complexity index is 583. The van der Waals surface area contributed by atoms with Gasteiger partial charge in [-0.15, -0.1) is 0 Å². The highest BCUT2D eigenvalue weighted by molar-refractivity contribution is 5.81. The fourth-order valence-electron chi connectivity index (χ4n) is 2.81. The minimum absolute atomic E-state index is 0.260. The highest BCUT2D eigenvalue weighted by atomic mass is 16.6. The highest BCUT2D eigenvalue weighted by Gasteiger charge is 2.41. The molecule has 2 aromatic rings. The average Bonchev–Trinajstić information content (AvgIpc) is 2.61. The molecule has 1 aliphatic carbocycles. The first-order chi connectivity index (χ1) is 8.63. The van der Waals surface area contributed by atoms with Gasteiger partial charge in [0.05, 0.1) is 0 Å². The van der Waals surface area contributed by atoms with E-state index in [-0.39, 0.29) is 5.97 Å². The van der Waals surface area contributed by atoms with E-state index in [0.29, 0.717) is 0 Å². The summed E-state index contributed by atoms with van der Waals surface area (Å²) in [5, 5.41) is 0. The second kappa shape index (κ2) is 3.70. The van der Waals surface area contributed by atoms with Crippen molar-refractivity contribution in [2.75, 3.05) is 0 Å². The number of carbonyl (C=O) groups excluding carboxylic acids is 1. The molecular formula is C16H14O2. The normalized spacial score (nSPS) is 14.8. The quantitative estimate of drug-likeness (QED) is 0.711. The van der Waals surface area contributed by atoms with E-state index in [4.69, 9.17) is 4.74 Å². The van der Waals surface area contributed by atoms with Crippen LogP contribution in [-0.2, 0) is 15.1 Å². The van der Waals surface area contributed by atoms with Gasteiger partial charge < -0.3 is 4.74 Å². The van der Waals surface area contributed by atoms with E-state index in [9.17, 15) is 4.79 Å². The van der Waals surface area contributed by atoms with Crippen molar-refractivity contribution < 1.29 is 9.53 Å². The molecular weight excluding hydrogens is 224 g/mol. The zero-order valence-corrected chi connectivity index (χ0v) is 10.4. The number of hydrogen-bond acceptors (Lipinski definition) is 2. The van der Waals surface area contributed by atoms with Gasteiger partial charge in [-0.2, -0.15) is 0 Å². The fourth-order valence-corrected chi connectivity index (χ4v) is 2.81. The van der Waals surface area contributed by atoms with E-state index in [1.807, 2.05) is 43.3 Å². The molecule has 2 aromatic carbocycles. The Morgan fingerprint density at radius 2 is 1.39 bits per heavy atom. The van der Waals surface area contributed by atoms with E-state index in [2.05, 4.69) is 12.1 Å². The maximum atomic E-state index is 11.4. The number of esters is 1. The SMILES string of the molecule is CC(=O)OC1(C)c2ccccc2-c2ccccc21. The van der Waals surface area contributed by atoms with Crippen molar-refractivity contribution in [3.8, 4) is 11.1 Å². The Balaban J connectivity index is 2.30. The second-order valence-electron chi connectivity index (χ2n) is 4.72. The van der Waals surface area contributed by atoms with Gasteiger partial charge in [-0.1, -0.05) is 48.5 Å². The Morgan fingerprint density at radius 1 is 0.944 bits per heavy atom. The monoisotopic (exact) mass is 238 g/mol. The number of carbonyl (C=O) groups is 1. The van der Waals surface area contributed by atoms with Crippen LogP contribution in [-0.4, -0.2) is 5.97 Å². The summed E-state index contributed by atoms with van der Waals surface area (Å²) in [5.74, 6) is -0.260. The van der Waals surface area contributed by atoms with Gasteiger partial charge in [-0.05, 0) is 18.1 Å². The van der Waals surface area contributed by atoms with Crippen LogP contribution >= 0.6 is 0 Å². The molecule has 3 rings (SSSR count). The van der Waals surface area contributed by atoms with Crippen LogP contribution in [0.1, 0.15) is 25.0 Å². The molecule has 0 bridgehead atoms. The van der Waals surface area contributed by atoms with Gasteiger partial charge in [-0.25, -0.2) is 0 Å². The standard InChI is InChI=1S/C16H14O2/c1-11(17)18-16(2)14-9-5-3-7-12(14)13-8-4-6-10-15(13)16/h3-10H,1-2H3. The Labute approximate surface area is 106 Å². The third kappa shape index (κ3) is 1.39. The molecule has 1 aliphatic rings. The predicted molar refractivity (Wildman–Crippen MR) is 70.1 cm³/mol. The molecule has 0 heterocycles. The van der Waals surface area contributed by atoms with Gasteiger partial charge in [0.2, 0.25) is 0 Å². The zero-order chi connectivity index (χ0) is 12.8. The summed E-state index contributed by atoms with van der Waals surface area (Å²) < 4.78 is 5.61. The van der Waals surface area contributed by atoms with Gasteiger partial charge in [0.25, 0.3) is 0 Å². The second-order valence-corrected chi connectivity index (χ2v) is 4.72. The molecule has 2 nitrogen and oxygen atoms in total. The van der Waals surface area contributed by atoms with Gasteiger partial charge in [0.1, 0.15) is 0 Å². The summed E-state index contributed by atoms with van der Waals surface area (Å²) in [6, 6.07) is 16.2. The maximum absolute atomic E-state index is 11.4. The molecule has 0 unspecified atom stereocenters. The Morgan fingerprint density at radius 3 is 1.83 bits per heavy atom. The van der Waals surface area contributed by atoms with Gasteiger partial charge >= 0.3 is 5.97 Å². The molecule has 0 saturated carbocycles. The molecule has 0 aromatic heterocycles. The van der Waals surface area contributed by atoms with E-state index in [0.717, 1.165) is 22.3 Å². The van der Waals surface area contributed by atoms with Crippen molar-refractivity contribution in [1.82, 2.24) is 0 Å². The van der Waals surface area contributed by atoms with Crippen LogP contribution in [0.25, 0.3) is 11.1 Å². The van der Waals surface area contributed by atoms with E-state index < -0.39 is 5.60 Å². The lowest BCUT2D eigenvalue weighted by Crippen LogP contribution is -2.27. The molecule has 0 fully saturated rings. The summed E-state index contributed by atoms with van der Waals surface area (Å²) in [7, 11) is 0. The van der Waals surface area contributed by atoms with Crippen molar-refractivity contribution in [3.05, 3.63) is 59.7 Å². The molecule has 0 N–H and O–H groups in total. The molecule has 0 amide bonds. The van der Waals surface area contributed by atoms with E-state index >= 15 is 0 Å². The molecule has 0 atom stereocenters. The average molecular weight is 238 g/mol. The predicted octanol–water partition coefficient (Wildman–Crippen LogP) is 3.49. The van der Waals surface area contributed by atoms with Gasteiger partial charge in [0.15, 0.2) is 5.60 Å². The lowest BCUT2D eigenvalue weighted by molar-refractivity contribution is -0.152. The summed E-state index contributed by atoms with van der Waals surface area (Å²) >= 11 is 0. The minimum atomic E-state index is -0.668. The molecule has 0 saturated heterocycles. The summed E-state index contributed by atoms with van der Waals surface area (Å²) in [5.41, 5.74) is 3.75. The number of rotatable bonds is 1. The third-order valence-electron chi connectivity index (χ3n) is 3.52. The number of benzene rings is 2. The number of hydrogen-bond donors (Lipinski definition) is 0. The van der Waals surface area contributed by atoms with E-state index in [1.54, 1.807) is 0 Å². The first-order valence-corrected chi connectivity index (χ1v) is 6.02. The van der Waals surface area contributed by atoms with Crippen LogP contribution in [0, 0.1) is 0 Å². The van der Waals surface area contributed by atoms with Crippen LogP contribution in [0.3, 0.4) is 0 Å². The minimum Gasteiger partial charge on any atom is -0.450 e. The van der Waals surface area contributed by atoms with Crippen LogP contribution in [0.5, 0.6) is 0 Å². The van der Waals surface area contributed by atoms with Crippen LogP contribution < -0.4 is 0 Å². The number of ether oxygens (including phenoxy) is 1. The smallest absolute Gasteiger partial charge is 0.303 e. The fraction of sp³-hybridized carbons (Fsp3) is 0.188. The first kappa shape index (κ1) is 11.0. The summed E-state index contributed by atoms with van der Waals surface area (Å²) in [4.78, 5) is 11.4. The molecule has 2 heteroatoms. The van der Waals surface area contributed by atoms with Crippen molar-refractivity contribution in [1.29, 1.82) is 0 Å². The maximum Gasteiger partial charge on any atom is 0.303 e. The molecule has 0 radical (unpaired) electrons. The molecule has 18 heavy (non-hydrogen) atoms. The summed E-state index contributed by atoms with van der Waals surface area (Å²) in [6.07, 6.45) is 0. The lowest BCUT2D eigenvalue weighted by Gasteiger charge is -2.26. The topological polar surface area (TPSA) is 26.3 Å². The van der Waals surface area contributed by atoms with Crippen molar-refractivity contribution >= 4 is 5.97 Å². The molecule has 0 spiro atoms. The van der Waals surface area contributed by atoms with E-state index in [1.165, 1.54) is 6.92 Å². The van der Waals surface area contributed by atoms with Crippen molar-refractivity contribution in [3.63, 3.8) is 0 Å². The molecule has 0 aliphatic heterocycles. The van der Waals surface area contributed by atoms with Crippen LogP contribution in [0.15, 0.2) is 48.5 Å². The molecule has 90 valence electrons. The lowest BCUT2D eigenvalue weighted by atomic mass is 9.93. The van der Waals surface area contributed by atoms with Gasteiger partial charge in [0, 0.05) is 18.1 Å². The van der Waals surface area contributed by atoms with Crippen molar-refractivity contribution in [2.24, 2.45) is 0 Å². The van der Waals surface area contributed by atoms with Crippen LogP contribution in [0.2, 0.25) is 0 Å². The summed E-state index contributed by atoms with van der Waals surface area (Å²) in [6.45, 7) is 3.41. The zero-order valence-electron chi connectivity index (χ0n) is 10.4. The third-order valence-corrected chi connectivity index (χ3v) is 3.52. The van der Waals surface area contributed by atoms with Gasteiger partial charge in [-0.3, -0.25) is 4.79 Å². The first-order valence-electron chi connectivity index (χ1n) is 6.02. The number of fused-ring (bicyclic) bond motifs is 3. The Kier molecular flexibility index (Phi) is 2.27.